The van der Waals surface area contributed by atoms with E-state index in [1.165, 1.54) is 0 Å². The Morgan fingerprint density at radius 1 is 1.00 bits per heavy atom. The highest BCUT2D eigenvalue weighted by molar-refractivity contribution is 5.91. The summed E-state index contributed by atoms with van der Waals surface area (Å²) in [7, 11) is 0. The van der Waals surface area contributed by atoms with Crippen LogP contribution < -0.4 is 14.9 Å². The van der Waals surface area contributed by atoms with Crippen molar-refractivity contribution in [3.8, 4) is 11.5 Å². The van der Waals surface area contributed by atoms with Crippen molar-refractivity contribution in [2.24, 2.45) is 5.10 Å². The summed E-state index contributed by atoms with van der Waals surface area (Å²) in [6, 6.07) is 21.3. The Bertz CT molecular complexity index is 952. The molecular weight excluding hydrogens is 316 g/mol. The van der Waals surface area contributed by atoms with Gasteiger partial charge in [-0.05, 0) is 34.5 Å². The second kappa shape index (κ2) is 6.65. The van der Waals surface area contributed by atoms with Crippen molar-refractivity contribution >= 4 is 22.9 Å². The molecule has 25 heavy (non-hydrogen) atoms. The predicted octanol–water partition coefficient (Wildman–Crippen LogP) is 3.13. The highest BCUT2D eigenvalue weighted by Crippen LogP contribution is 2.30. The molecule has 1 aliphatic heterocycles. The largest absolute Gasteiger partial charge is 0.485 e. The summed E-state index contributed by atoms with van der Waals surface area (Å²) in [5.74, 6) is 0.866. The highest BCUT2D eigenvalue weighted by atomic mass is 16.6. The Labute approximate surface area is 144 Å². The molecule has 124 valence electrons. The summed E-state index contributed by atoms with van der Waals surface area (Å²) in [6.45, 7) is 0.161. The molecule has 5 nitrogen and oxygen atoms in total. The van der Waals surface area contributed by atoms with Gasteiger partial charge in [0.2, 0.25) is 6.10 Å². The van der Waals surface area contributed by atoms with Gasteiger partial charge in [-0.25, -0.2) is 5.43 Å². The molecule has 0 spiro atoms. The molecule has 1 atom stereocenters. The standard InChI is InChI=1S/C20H16N2O3/c23-20(19-13-24-17-7-3-4-8-18(17)25-19)22-21-12-14-9-10-15-5-1-2-6-16(15)11-14/h1-12,19H,13H2,(H,22,23)/b21-12-/t19-/m1/s1. The first-order valence-electron chi connectivity index (χ1n) is 8.00. The second-order valence-electron chi connectivity index (χ2n) is 5.71. The lowest BCUT2D eigenvalue weighted by Gasteiger charge is -2.24. The van der Waals surface area contributed by atoms with Crippen LogP contribution in [0.25, 0.3) is 10.8 Å². The maximum Gasteiger partial charge on any atom is 0.284 e. The average Bonchev–Trinajstić information content (AvgIpc) is 2.67. The number of carbonyl (C=O) groups excluding carboxylic acids is 1. The molecule has 0 radical (unpaired) electrons. The van der Waals surface area contributed by atoms with Crippen LogP contribution in [0.15, 0.2) is 71.8 Å². The van der Waals surface area contributed by atoms with Gasteiger partial charge < -0.3 is 9.47 Å². The van der Waals surface area contributed by atoms with Gasteiger partial charge in [0.05, 0.1) is 6.21 Å². The fourth-order valence-electron chi connectivity index (χ4n) is 2.68. The molecule has 4 rings (SSSR count). The van der Waals surface area contributed by atoms with E-state index in [1.807, 2.05) is 48.5 Å². The summed E-state index contributed by atoms with van der Waals surface area (Å²) >= 11 is 0. The van der Waals surface area contributed by atoms with Gasteiger partial charge in [0, 0.05) is 0 Å². The van der Waals surface area contributed by atoms with Crippen LogP contribution in [0.2, 0.25) is 0 Å². The minimum Gasteiger partial charge on any atom is -0.485 e. The van der Waals surface area contributed by atoms with E-state index in [2.05, 4.69) is 16.6 Å². The second-order valence-corrected chi connectivity index (χ2v) is 5.71. The van der Waals surface area contributed by atoms with Crippen molar-refractivity contribution in [2.75, 3.05) is 6.61 Å². The van der Waals surface area contributed by atoms with E-state index < -0.39 is 6.10 Å². The van der Waals surface area contributed by atoms with Crippen molar-refractivity contribution < 1.29 is 14.3 Å². The van der Waals surface area contributed by atoms with E-state index in [0.717, 1.165) is 16.3 Å². The number of para-hydroxylation sites is 2. The number of nitrogens with zero attached hydrogens (tertiary/aromatic N) is 1. The molecule has 1 heterocycles. The van der Waals surface area contributed by atoms with E-state index in [9.17, 15) is 4.79 Å². The average molecular weight is 332 g/mol. The van der Waals surface area contributed by atoms with Gasteiger partial charge in [0.15, 0.2) is 11.5 Å². The van der Waals surface area contributed by atoms with E-state index in [0.29, 0.717) is 11.5 Å². The minimum absolute atomic E-state index is 0.161. The van der Waals surface area contributed by atoms with Crippen LogP contribution in [0.4, 0.5) is 0 Å². The normalized spacial score (nSPS) is 16.1. The van der Waals surface area contributed by atoms with Gasteiger partial charge in [0.25, 0.3) is 5.91 Å². The fourth-order valence-corrected chi connectivity index (χ4v) is 2.68. The molecule has 0 saturated carbocycles. The number of ether oxygens (including phenoxy) is 2. The number of hydrazone groups is 1. The van der Waals surface area contributed by atoms with E-state index in [-0.39, 0.29) is 12.5 Å². The lowest BCUT2D eigenvalue weighted by molar-refractivity contribution is -0.130. The molecular formula is C20H16N2O3. The Kier molecular flexibility index (Phi) is 4.04. The van der Waals surface area contributed by atoms with Gasteiger partial charge in [-0.15, -0.1) is 0 Å². The Morgan fingerprint density at radius 2 is 1.76 bits per heavy atom. The third-order valence-corrected chi connectivity index (χ3v) is 3.96. The van der Waals surface area contributed by atoms with Crippen LogP contribution >= 0.6 is 0 Å². The topological polar surface area (TPSA) is 59.9 Å². The SMILES string of the molecule is O=C(N/N=C\c1ccc2ccccc2c1)[C@H]1COc2ccccc2O1. The van der Waals surface area contributed by atoms with Crippen LogP contribution in [0.1, 0.15) is 5.56 Å². The molecule has 0 fully saturated rings. The molecule has 1 amide bonds. The fraction of sp³-hybridized carbons (Fsp3) is 0.100. The van der Waals surface area contributed by atoms with Crippen LogP contribution in [0, 0.1) is 0 Å². The summed E-state index contributed by atoms with van der Waals surface area (Å²) in [4.78, 5) is 12.2. The van der Waals surface area contributed by atoms with Gasteiger partial charge in [-0.2, -0.15) is 5.10 Å². The van der Waals surface area contributed by atoms with Gasteiger partial charge in [-0.3, -0.25) is 4.79 Å². The maximum atomic E-state index is 12.2. The number of rotatable bonds is 3. The molecule has 1 aliphatic rings. The summed E-state index contributed by atoms with van der Waals surface area (Å²) < 4.78 is 11.2. The van der Waals surface area contributed by atoms with Crippen molar-refractivity contribution in [1.82, 2.24) is 5.43 Å². The maximum absolute atomic E-state index is 12.2. The van der Waals surface area contributed by atoms with Crippen molar-refractivity contribution in [1.29, 1.82) is 0 Å². The number of hydrogen-bond donors (Lipinski definition) is 1. The summed E-state index contributed by atoms with van der Waals surface area (Å²) in [5.41, 5.74) is 3.41. The van der Waals surface area contributed by atoms with Gasteiger partial charge in [0.1, 0.15) is 6.61 Å². The zero-order chi connectivity index (χ0) is 17.1. The smallest absolute Gasteiger partial charge is 0.284 e. The molecule has 0 aliphatic carbocycles. The van der Waals surface area contributed by atoms with Crippen LogP contribution in [0.3, 0.4) is 0 Å². The van der Waals surface area contributed by atoms with Crippen molar-refractivity contribution in [2.45, 2.75) is 6.10 Å². The molecule has 3 aromatic carbocycles. The number of carbonyl (C=O) groups is 1. The molecule has 0 unspecified atom stereocenters. The Hall–Kier alpha value is -3.34. The molecule has 0 bridgehead atoms. The highest BCUT2D eigenvalue weighted by Gasteiger charge is 2.26. The third-order valence-electron chi connectivity index (χ3n) is 3.96. The Morgan fingerprint density at radius 3 is 2.64 bits per heavy atom. The molecule has 1 N–H and O–H groups in total. The zero-order valence-electron chi connectivity index (χ0n) is 13.4. The lowest BCUT2D eigenvalue weighted by atomic mass is 10.1. The first-order chi connectivity index (χ1) is 12.3. The van der Waals surface area contributed by atoms with Crippen molar-refractivity contribution in [3.63, 3.8) is 0 Å². The first-order valence-corrected chi connectivity index (χ1v) is 8.00. The van der Waals surface area contributed by atoms with Crippen LogP contribution in [0.5, 0.6) is 11.5 Å². The van der Waals surface area contributed by atoms with E-state index in [4.69, 9.17) is 9.47 Å². The molecule has 0 aromatic heterocycles. The number of benzene rings is 3. The van der Waals surface area contributed by atoms with Crippen LogP contribution in [-0.4, -0.2) is 24.8 Å². The molecule has 3 aromatic rings. The van der Waals surface area contributed by atoms with E-state index >= 15 is 0 Å². The number of fused-ring (bicyclic) bond motifs is 2. The van der Waals surface area contributed by atoms with Gasteiger partial charge >= 0.3 is 0 Å². The molecule has 0 saturated heterocycles. The van der Waals surface area contributed by atoms with Gasteiger partial charge in [-0.1, -0.05) is 48.5 Å². The number of amides is 1. The number of hydrogen-bond acceptors (Lipinski definition) is 4. The summed E-state index contributed by atoms with van der Waals surface area (Å²) in [6.07, 6.45) is 0.894. The van der Waals surface area contributed by atoms with Crippen molar-refractivity contribution in [3.05, 3.63) is 72.3 Å². The Balaban J connectivity index is 1.40. The minimum atomic E-state index is -0.719. The third kappa shape index (κ3) is 3.30. The first kappa shape index (κ1) is 15.2. The van der Waals surface area contributed by atoms with Crippen LogP contribution in [-0.2, 0) is 4.79 Å². The monoisotopic (exact) mass is 332 g/mol. The zero-order valence-corrected chi connectivity index (χ0v) is 13.4. The lowest BCUT2D eigenvalue weighted by Crippen LogP contribution is -2.42. The quantitative estimate of drug-likeness (QED) is 0.592. The molecule has 5 heteroatoms. The summed E-state index contributed by atoms with van der Waals surface area (Å²) in [5, 5.41) is 6.31. The number of nitrogens with one attached hydrogen (secondary N) is 1. The predicted molar refractivity (Wildman–Crippen MR) is 96.0 cm³/mol. The van der Waals surface area contributed by atoms with E-state index in [1.54, 1.807) is 18.3 Å².